The van der Waals surface area contributed by atoms with Gasteiger partial charge in [0.1, 0.15) is 12.6 Å². The van der Waals surface area contributed by atoms with Crippen LogP contribution in [-0.2, 0) is 43.2 Å². The zero-order valence-electron chi connectivity index (χ0n) is 44.9. The maximum atomic E-state index is 14.0. The number of methoxy groups -OCH3 is 2. The van der Waals surface area contributed by atoms with Crippen molar-refractivity contribution >= 4 is 42.1 Å². The number of amides is 6. The highest BCUT2D eigenvalue weighted by Gasteiger charge is 2.42. The largest absolute Gasteiger partial charge is 0.480 e. The van der Waals surface area contributed by atoms with Gasteiger partial charge in [0.2, 0.25) is 30.0 Å². The first kappa shape index (κ1) is 65.9. The van der Waals surface area contributed by atoms with Gasteiger partial charge < -0.3 is 45.4 Å². The molecular weight excluding hydrogens is 920 g/mol. The minimum atomic E-state index is -1.33. The summed E-state index contributed by atoms with van der Waals surface area (Å²) in [6.07, 6.45) is 11.5. The molecule has 9 unspecified atom stereocenters. The van der Waals surface area contributed by atoms with E-state index in [1.165, 1.54) is 64.7 Å². The molecule has 3 rings (SSSR count). The van der Waals surface area contributed by atoms with Gasteiger partial charge in [-0.2, -0.15) is 0 Å². The highest BCUT2D eigenvalue weighted by atomic mass is 19.3. The average Bonchev–Trinajstić information content (AvgIpc) is 3.83. The second-order valence-corrected chi connectivity index (χ2v) is 18.8. The minimum absolute atomic E-state index is 0.0468. The topological polar surface area (TPSA) is 233 Å². The number of nitrogens with one attached hydrogen (secondary N) is 3. The fourth-order valence-electron chi connectivity index (χ4n) is 8.66. The van der Waals surface area contributed by atoms with Crippen molar-refractivity contribution < 1.29 is 62.7 Å². The van der Waals surface area contributed by atoms with E-state index in [-0.39, 0.29) is 36.7 Å². The van der Waals surface area contributed by atoms with Gasteiger partial charge in [0.05, 0.1) is 55.3 Å². The number of benzene rings is 1. The molecule has 71 heavy (non-hydrogen) atoms. The van der Waals surface area contributed by atoms with Gasteiger partial charge >= 0.3 is 12.1 Å². The number of rotatable bonds is 22. The molecule has 1 fully saturated rings. The lowest BCUT2D eigenvalue weighted by atomic mass is 9.90. The van der Waals surface area contributed by atoms with E-state index in [0.717, 1.165) is 10.8 Å². The molecule has 6 amide bonds. The number of aliphatic carboxylic acids is 1. The van der Waals surface area contributed by atoms with E-state index in [4.69, 9.17) is 14.6 Å². The molecule has 0 aromatic heterocycles. The first-order chi connectivity index (χ1) is 33.6. The monoisotopic (exact) mass is 1010 g/mol. The van der Waals surface area contributed by atoms with E-state index in [0.29, 0.717) is 37.8 Å². The van der Waals surface area contributed by atoms with Crippen LogP contribution in [0.15, 0.2) is 42.5 Å². The maximum Gasteiger partial charge on any atom is 0.447 e. The Morgan fingerprint density at radius 3 is 2.01 bits per heavy atom. The smallest absolute Gasteiger partial charge is 0.447 e. The molecule has 1 aliphatic carbocycles. The third kappa shape index (κ3) is 23.8. The standard InChI is InChI=1S/C37H60FN5O9.C9H16.C3H5NO3.C3H8/c1-11-23(4)32(41(7)30(45)21-39-36(48)31(22(2)3)42(8)37(49)52-38)28(50-9)20-29(44)43-19-15-18-27(43)34(51-10)24(5)35(47)40-25(6)33(46)26-16-13-12-14-17-26;1-9-7-5-3-2-4-6-8-9;5-2-4-1-3(6)7;1-3-2/h12-14,16-17,22-25,27-28,31-34,46H,11,15,18-21H2,1-10H3,(H,39,48)(H,40,47);2-3,9H,4-8H2,1H3;2H,1H2,(H,4,5)(H,6,7);3H2,1-2H3/b;3-2+;;/t23-,24?,25?,27?,28?,31?,32?,33?,34?;;;/m0.../s1. The van der Waals surface area contributed by atoms with Crippen molar-refractivity contribution in [3.8, 4) is 0 Å². The maximum absolute atomic E-state index is 14.0. The van der Waals surface area contributed by atoms with Crippen molar-refractivity contribution in [1.82, 2.24) is 30.7 Å². The third-order valence-corrected chi connectivity index (χ3v) is 12.8. The second-order valence-electron chi connectivity index (χ2n) is 18.8. The summed E-state index contributed by atoms with van der Waals surface area (Å²) in [5.74, 6) is -2.83. The van der Waals surface area contributed by atoms with E-state index in [1.807, 2.05) is 37.4 Å². The van der Waals surface area contributed by atoms with Gasteiger partial charge in [-0.1, -0.05) is 117 Å². The molecule has 0 spiro atoms. The predicted octanol–water partition coefficient (Wildman–Crippen LogP) is 6.61. The van der Waals surface area contributed by atoms with Crippen LogP contribution in [0.5, 0.6) is 0 Å². The fraction of sp³-hybridized carbons (Fsp3) is 0.712. The van der Waals surface area contributed by atoms with Crippen molar-refractivity contribution in [2.75, 3.05) is 47.9 Å². The molecule has 10 atom stereocenters. The molecule has 2 aliphatic rings. The zero-order chi connectivity index (χ0) is 54.2. The number of allylic oxidation sites excluding steroid dienone is 2. The Hall–Kier alpha value is -5.14. The molecule has 0 bridgehead atoms. The van der Waals surface area contributed by atoms with Crippen LogP contribution in [0.2, 0.25) is 0 Å². The van der Waals surface area contributed by atoms with Gasteiger partial charge in [0, 0.05) is 39.4 Å². The molecule has 1 aromatic rings. The normalized spacial score (nSPS) is 19.1. The van der Waals surface area contributed by atoms with Crippen molar-refractivity contribution in [3.05, 3.63) is 48.0 Å². The lowest BCUT2D eigenvalue weighted by molar-refractivity contribution is -0.146. The number of hydrogen-bond donors (Lipinski definition) is 5. The van der Waals surface area contributed by atoms with Crippen LogP contribution in [0.1, 0.15) is 138 Å². The summed E-state index contributed by atoms with van der Waals surface area (Å²) < 4.78 is 24.3. The molecule has 1 aliphatic heterocycles. The van der Waals surface area contributed by atoms with Crippen molar-refractivity contribution in [1.29, 1.82) is 0 Å². The Morgan fingerprint density at radius 2 is 1.49 bits per heavy atom. The first-order valence-electron chi connectivity index (χ1n) is 25.1. The molecule has 1 heterocycles. The minimum Gasteiger partial charge on any atom is -0.480 e. The fourth-order valence-corrected chi connectivity index (χ4v) is 8.66. The van der Waals surface area contributed by atoms with E-state index < -0.39 is 78.7 Å². The van der Waals surface area contributed by atoms with Crippen LogP contribution in [0.4, 0.5) is 9.32 Å². The third-order valence-electron chi connectivity index (χ3n) is 12.8. The van der Waals surface area contributed by atoms with Crippen molar-refractivity contribution in [2.45, 2.75) is 169 Å². The van der Waals surface area contributed by atoms with E-state index >= 15 is 0 Å². The summed E-state index contributed by atoms with van der Waals surface area (Å²) in [4.78, 5) is 91.7. The SMILES string of the molecule is CC1CC/C=C/CCC1.CCC.CC[C@H](C)C(C(CC(=O)N1CCCC1C(OC)C(C)C(=O)NC(C)C(O)c1ccccc1)OC)N(C)C(=O)CNC(=O)C(C(C)C)N(C)C(=O)OF.O=CNCC(=O)O. The molecule has 0 saturated carbocycles. The molecule has 1 aromatic carbocycles. The number of hydrogen-bond acceptors (Lipinski definition) is 11. The number of carboxylic acid groups (broad SMARTS) is 1. The molecule has 18 nitrogen and oxygen atoms in total. The highest BCUT2D eigenvalue weighted by molar-refractivity contribution is 5.89. The number of aliphatic hydroxyl groups excluding tert-OH is 1. The summed E-state index contributed by atoms with van der Waals surface area (Å²) in [6, 6.07) is 6.49. The molecule has 406 valence electrons. The predicted molar refractivity (Wildman–Crippen MR) is 271 cm³/mol. The molecular formula is C52H89FN6O12. The Bertz CT molecular complexity index is 1740. The number of carboxylic acids is 1. The Labute approximate surface area is 423 Å². The molecule has 19 heteroatoms. The van der Waals surface area contributed by atoms with Gasteiger partial charge in [0.25, 0.3) is 0 Å². The number of likely N-dealkylation sites (N-methyl/N-ethyl adjacent to an activating group) is 2. The average molecular weight is 1010 g/mol. The Kier molecular flexibility index (Phi) is 34.1. The summed E-state index contributed by atoms with van der Waals surface area (Å²) in [6.45, 7) is 17.1. The summed E-state index contributed by atoms with van der Waals surface area (Å²) >= 11 is 0. The second kappa shape index (κ2) is 36.7. The summed E-state index contributed by atoms with van der Waals surface area (Å²) in [5.41, 5.74) is 0.685. The lowest BCUT2D eigenvalue weighted by Crippen LogP contribution is -2.55. The lowest BCUT2D eigenvalue weighted by Gasteiger charge is -2.39. The van der Waals surface area contributed by atoms with Crippen LogP contribution in [0.25, 0.3) is 0 Å². The number of ether oxygens (including phenoxy) is 2. The van der Waals surface area contributed by atoms with E-state index in [2.05, 4.69) is 48.5 Å². The van der Waals surface area contributed by atoms with Gasteiger partial charge in [0.15, 0.2) is 0 Å². The van der Waals surface area contributed by atoms with Crippen LogP contribution in [-0.4, -0.2) is 151 Å². The van der Waals surface area contributed by atoms with Crippen LogP contribution in [0, 0.1) is 23.7 Å². The number of aliphatic hydroxyl groups is 1. The Morgan fingerprint density at radius 1 is 0.873 bits per heavy atom. The summed E-state index contributed by atoms with van der Waals surface area (Å²) in [7, 11) is 5.82. The van der Waals surface area contributed by atoms with Crippen molar-refractivity contribution in [2.24, 2.45) is 23.7 Å². The van der Waals surface area contributed by atoms with E-state index in [1.54, 1.807) is 51.8 Å². The summed E-state index contributed by atoms with van der Waals surface area (Å²) in [5, 5.41) is 26.0. The van der Waals surface area contributed by atoms with Crippen LogP contribution >= 0.6 is 0 Å². The van der Waals surface area contributed by atoms with Crippen LogP contribution in [0.3, 0.4) is 0 Å². The van der Waals surface area contributed by atoms with Gasteiger partial charge in [-0.3, -0.25) is 33.7 Å². The van der Waals surface area contributed by atoms with Crippen LogP contribution < -0.4 is 16.0 Å². The first-order valence-corrected chi connectivity index (χ1v) is 25.1. The zero-order valence-corrected chi connectivity index (χ0v) is 44.9. The number of halogens is 1. The number of nitrogens with zero attached hydrogens (tertiary/aromatic N) is 3. The van der Waals surface area contributed by atoms with E-state index in [9.17, 15) is 43.2 Å². The molecule has 1 saturated heterocycles. The number of carbonyl (C=O) groups excluding carboxylic acids is 6. The van der Waals surface area contributed by atoms with Gasteiger partial charge in [-0.15, -0.1) is 0 Å². The van der Waals surface area contributed by atoms with Gasteiger partial charge in [-0.05, 0) is 68.8 Å². The molecule has 5 N–H and O–H groups in total. The van der Waals surface area contributed by atoms with Crippen molar-refractivity contribution in [3.63, 3.8) is 0 Å². The highest BCUT2D eigenvalue weighted by Crippen LogP contribution is 2.30. The number of carbonyl (C=O) groups is 7. The Balaban J connectivity index is 0.00000214. The molecule has 0 radical (unpaired) electrons. The van der Waals surface area contributed by atoms with Gasteiger partial charge in [-0.25, -0.2) is 9.74 Å². The quantitative estimate of drug-likeness (QED) is 0.0610. The number of likely N-dealkylation sites (tertiary alicyclic amines) is 1.